The number of aryl methyl sites for hydroxylation is 3. The first kappa shape index (κ1) is 30.7. The molecular weight excluding hydrogens is 675 g/mol. The van der Waals surface area contributed by atoms with E-state index < -0.39 is 0 Å². The molecule has 2 atom stereocenters. The number of para-hydroxylation sites is 4. The molecule has 0 radical (unpaired) electrons. The number of hydrogen-bond donors (Lipinski definition) is 0. The lowest BCUT2D eigenvalue weighted by Crippen LogP contribution is -2.29. The van der Waals surface area contributed by atoms with Crippen molar-refractivity contribution in [1.82, 2.24) is 4.57 Å². The van der Waals surface area contributed by atoms with Crippen molar-refractivity contribution in [3.8, 4) is 22.9 Å². The molecule has 0 N–H and O–H groups in total. The lowest BCUT2D eigenvalue weighted by Gasteiger charge is -2.31. The van der Waals surface area contributed by atoms with Crippen LogP contribution in [0.2, 0.25) is 0 Å². The number of nitrogens with zero attached hydrogens (tertiary/aromatic N) is 3. The van der Waals surface area contributed by atoms with E-state index in [1.165, 1.54) is 34.7 Å². The number of rotatable bonds is 3. The van der Waals surface area contributed by atoms with Gasteiger partial charge >= 0.3 is 0 Å². The predicted molar refractivity (Wildman–Crippen MR) is 223 cm³/mol. The summed E-state index contributed by atoms with van der Waals surface area (Å²) in [5.41, 5.74) is 14.5. The number of furan rings is 2. The molecule has 0 fully saturated rings. The van der Waals surface area contributed by atoms with Gasteiger partial charge in [-0.15, -0.1) is 0 Å². The average molecular weight is 710 g/mol. The molecule has 0 spiro atoms. The van der Waals surface area contributed by atoms with Crippen molar-refractivity contribution >= 4 is 66.1 Å². The van der Waals surface area contributed by atoms with Crippen molar-refractivity contribution in [1.29, 1.82) is 5.26 Å². The van der Waals surface area contributed by atoms with E-state index in [0.29, 0.717) is 5.56 Å². The summed E-state index contributed by atoms with van der Waals surface area (Å²) >= 11 is 0. The van der Waals surface area contributed by atoms with E-state index in [1.54, 1.807) is 0 Å². The van der Waals surface area contributed by atoms with Gasteiger partial charge in [0, 0.05) is 62.3 Å². The molecule has 55 heavy (non-hydrogen) atoms. The molecule has 4 heterocycles. The fraction of sp³-hybridized carbons (Fsp3) is 0.140. The molecule has 0 saturated carbocycles. The van der Waals surface area contributed by atoms with Gasteiger partial charge in [-0.05, 0) is 73.7 Å². The van der Waals surface area contributed by atoms with Crippen LogP contribution >= 0.6 is 0 Å². The summed E-state index contributed by atoms with van der Waals surface area (Å²) < 4.78 is 15.7. The first-order chi connectivity index (χ1) is 27.2. The molecule has 9 aromatic rings. The highest BCUT2D eigenvalue weighted by atomic mass is 16.3. The summed E-state index contributed by atoms with van der Waals surface area (Å²) in [5.74, 6) is 1.27. The maximum Gasteiger partial charge on any atom is 0.144 e. The third-order valence-corrected chi connectivity index (χ3v) is 12.5. The Bertz CT molecular complexity index is 3220. The minimum absolute atomic E-state index is 0.00794. The summed E-state index contributed by atoms with van der Waals surface area (Å²) in [6, 6.07) is 41.5. The quantitative estimate of drug-likeness (QED) is 0.183. The molecule has 5 heteroatoms. The molecule has 2 aliphatic carbocycles. The third-order valence-electron chi connectivity index (χ3n) is 12.5. The van der Waals surface area contributed by atoms with Crippen molar-refractivity contribution in [2.24, 2.45) is 0 Å². The summed E-state index contributed by atoms with van der Waals surface area (Å²) in [5, 5.41) is 16.7. The maximum atomic E-state index is 10.9. The predicted octanol–water partition coefficient (Wildman–Crippen LogP) is 12.9. The second kappa shape index (κ2) is 11.4. The van der Waals surface area contributed by atoms with Crippen LogP contribution in [0.5, 0.6) is 0 Å². The van der Waals surface area contributed by atoms with Crippen molar-refractivity contribution < 1.29 is 8.83 Å². The van der Waals surface area contributed by atoms with Crippen molar-refractivity contribution in [2.75, 3.05) is 4.90 Å². The zero-order valence-corrected chi connectivity index (χ0v) is 30.3. The summed E-state index contributed by atoms with van der Waals surface area (Å²) in [4.78, 5) is 2.40. The SMILES string of the molecule is Cc1cccc2c1oc1cc3c(cc12)C1C=CC=CC1N3c1c(C#N)cccc1-c1ccccc1-n1c2ccccc2c2c3oc4c(c3ccc21)CCCC4. The molecule has 12 rings (SSSR count). The Balaban J connectivity index is 1.12. The zero-order chi connectivity index (χ0) is 36.4. The van der Waals surface area contributed by atoms with E-state index in [0.717, 1.165) is 96.3 Å². The molecule has 3 aliphatic rings. The van der Waals surface area contributed by atoms with E-state index in [9.17, 15) is 5.26 Å². The van der Waals surface area contributed by atoms with Gasteiger partial charge in [0.15, 0.2) is 0 Å². The number of hydrogen-bond acceptors (Lipinski definition) is 4. The maximum absolute atomic E-state index is 10.9. The zero-order valence-electron chi connectivity index (χ0n) is 30.3. The highest BCUT2D eigenvalue weighted by molar-refractivity contribution is 6.20. The third kappa shape index (κ3) is 4.17. The molecule has 5 nitrogen and oxygen atoms in total. The van der Waals surface area contributed by atoms with Crippen LogP contribution in [0, 0.1) is 18.3 Å². The van der Waals surface area contributed by atoms with E-state index >= 15 is 0 Å². The fourth-order valence-corrected chi connectivity index (χ4v) is 10.1. The fourth-order valence-electron chi connectivity index (χ4n) is 10.1. The number of fused-ring (bicyclic) bond motifs is 13. The minimum Gasteiger partial charge on any atom is -0.460 e. The minimum atomic E-state index is -0.00794. The van der Waals surface area contributed by atoms with Crippen LogP contribution in [0.25, 0.3) is 71.5 Å². The highest BCUT2D eigenvalue weighted by Gasteiger charge is 2.40. The van der Waals surface area contributed by atoms with Crippen molar-refractivity contribution in [3.05, 3.63) is 162 Å². The monoisotopic (exact) mass is 709 g/mol. The molecule has 0 saturated heterocycles. The molecule has 1 aliphatic heterocycles. The van der Waals surface area contributed by atoms with Crippen molar-refractivity contribution in [3.63, 3.8) is 0 Å². The number of nitriles is 1. The van der Waals surface area contributed by atoms with Gasteiger partial charge in [-0.25, -0.2) is 0 Å². The standard InChI is InChI=1S/C50H35N3O2/c1-29-12-10-19-35-39-26-38-32-15-3-7-21-41(32)53(44(38)27-46(39)55-49(29)35)48-30(28-51)13-11-18-34(48)31-14-2-6-20-40(31)52-42-22-8-4-17-37(42)47-43(52)25-24-36-33-16-5-9-23-45(33)54-50(36)47/h2-4,6-8,10-15,17-22,24-27,32,41H,5,9,16,23H2,1H3. The average Bonchev–Trinajstić information content (AvgIpc) is 3.97. The number of allylic oxidation sites excluding steroid dienone is 2. The topological polar surface area (TPSA) is 58.2 Å². The molecule has 2 unspecified atom stereocenters. The Kier molecular flexibility index (Phi) is 6.34. The first-order valence-electron chi connectivity index (χ1n) is 19.4. The van der Waals surface area contributed by atoms with E-state index in [2.05, 4.69) is 144 Å². The number of aromatic nitrogens is 1. The molecule has 0 amide bonds. The summed E-state index contributed by atoms with van der Waals surface area (Å²) in [7, 11) is 0. The molecule has 3 aromatic heterocycles. The van der Waals surface area contributed by atoms with Gasteiger partial charge in [-0.1, -0.05) is 91.0 Å². The Morgan fingerprint density at radius 1 is 0.673 bits per heavy atom. The summed E-state index contributed by atoms with van der Waals surface area (Å²) in [6.07, 6.45) is 13.3. The number of benzene rings is 6. The van der Waals surface area contributed by atoms with Gasteiger partial charge in [0.25, 0.3) is 0 Å². The van der Waals surface area contributed by atoms with Crippen LogP contribution in [-0.4, -0.2) is 10.6 Å². The van der Waals surface area contributed by atoms with E-state index in [1.807, 2.05) is 12.1 Å². The molecule has 6 aromatic carbocycles. The van der Waals surface area contributed by atoms with Crippen molar-refractivity contribution in [2.45, 2.75) is 44.6 Å². The van der Waals surface area contributed by atoms with Gasteiger partial charge in [0.05, 0.1) is 39.4 Å². The molecule has 0 bridgehead atoms. The Morgan fingerprint density at radius 3 is 2.44 bits per heavy atom. The second-order valence-electron chi connectivity index (χ2n) is 15.3. The molecule has 262 valence electrons. The number of anilines is 2. The van der Waals surface area contributed by atoms with Crippen LogP contribution in [0.3, 0.4) is 0 Å². The van der Waals surface area contributed by atoms with Gasteiger partial charge in [-0.2, -0.15) is 5.26 Å². The Hall–Kier alpha value is -6.77. The van der Waals surface area contributed by atoms with Gasteiger partial charge in [-0.3, -0.25) is 0 Å². The first-order valence-corrected chi connectivity index (χ1v) is 19.4. The molecular formula is C50H35N3O2. The van der Waals surface area contributed by atoms with Crippen LogP contribution in [0.15, 0.2) is 142 Å². The van der Waals surface area contributed by atoms with E-state index in [4.69, 9.17) is 8.83 Å². The largest absolute Gasteiger partial charge is 0.460 e. The normalized spacial score (nSPS) is 17.4. The van der Waals surface area contributed by atoms with Gasteiger partial charge in [0.1, 0.15) is 28.6 Å². The smallest absolute Gasteiger partial charge is 0.144 e. The second-order valence-corrected chi connectivity index (χ2v) is 15.3. The summed E-state index contributed by atoms with van der Waals surface area (Å²) in [6.45, 7) is 2.10. The van der Waals surface area contributed by atoms with Crippen LogP contribution in [-0.2, 0) is 12.8 Å². The van der Waals surface area contributed by atoms with Crippen LogP contribution in [0.4, 0.5) is 11.4 Å². The highest BCUT2D eigenvalue weighted by Crippen LogP contribution is 2.53. The van der Waals surface area contributed by atoms with Crippen LogP contribution in [0.1, 0.15) is 46.8 Å². The lowest BCUT2D eigenvalue weighted by molar-refractivity contribution is 0.508. The van der Waals surface area contributed by atoms with Crippen LogP contribution < -0.4 is 4.90 Å². The lowest BCUT2D eigenvalue weighted by atomic mass is 9.90. The van der Waals surface area contributed by atoms with Gasteiger partial charge in [0.2, 0.25) is 0 Å². The van der Waals surface area contributed by atoms with Gasteiger partial charge < -0.3 is 18.3 Å². The Labute approximate surface area is 317 Å². The van der Waals surface area contributed by atoms with E-state index in [-0.39, 0.29) is 12.0 Å². The Morgan fingerprint density at radius 2 is 1.49 bits per heavy atom.